The van der Waals surface area contributed by atoms with Crippen LogP contribution >= 0.6 is 0 Å². The highest BCUT2D eigenvalue weighted by atomic mass is 16.6. The van der Waals surface area contributed by atoms with Crippen molar-refractivity contribution < 1.29 is 50.1 Å². The Bertz CT molecular complexity index is 572. The summed E-state index contributed by atoms with van der Waals surface area (Å²) in [4.78, 5) is 22.0. The lowest BCUT2D eigenvalue weighted by Crippen LogP contribution is -2.44. The van der Waals surface area contributed by atoms with E-state index < -0.39 is 54.5 Å². The normalized spacial score (nSPS) is 16.2. The van der Waals surface area contributed by atoms with Gasteiger partial charge in [-0.1, -0.05) is 6.07 Å². The van der Waals surface area contributed by atoms with Crippen molar-refractivity contribution in [3.63, 3.8) is 0 Å². The number of hydrogen-bond donors (Lipinski definition) is 7. The van der Waals surface area contributed by atoms with Gasteiger partial charge in [-0.25, -0.2) is 9.59 Å². The lowest BCUT2D eigenvalue weighted by Gasteiger charge is -2.20. The van der Waals surface area contributed by atoms with Crippen molar-refractivity contribution in [3.8, 4) is 11.5 Å². The summed E-state index contributed by atoms with van der Waals surface area (Å²) in [5, 5.41) is 64.3. The van der Waals surface area contributed by atoms with Gasteiger partial charge < -0.3 is 40.5 Å². The molecule has 23 heavy (non-hydrogen) atoms. The van der Waals surface area contributed by atoms with Crippen LogP contribution in [0.4, 0.5) is 0 Å². The number of phenolic OH excluding ortho intramolecular Hbond substituents is 2. The average molecular weight is 332 g/mol. The second-order valence-electron chi connectivity index (χ2n) is 4.62. The largest absolute Gasteiger partial charge is 0.504 e. The number of hydrogen-bond acceptors (Lipinski definition) is 9. The number of aliphatic hydroxyl groups is 4. The molecule has 7 N–H and O–H groups in total. The quantitative estimate of drug-likeness (QED) is 0.214. The number of aliphatic carboxylic acids is 1. The predicted molar refractivity (Wildman–Crippen MR) is 71.3 cm³/mol. The van der Waals surface area contributed by atoms with Crippen LogP contribution in [0.15, 0.2) is 18.2 Å². The van der Waals surface area contributed by atoms with Crippen LogP contribution in [0.25, 0.3) is 0 Å². The molecule has 4 unspecified atom stereocenters. The summed E-state index contributed by atoms with van der Waals surface area (Å²) < 4.78 is 4.49. The number of carboxylic acids is 1. The third-order valence-electron chi connectivity index (χ3n) is 2.91. The minimum absolute atomic E-state index is 0.106. The van der Waals surface area contributed by atoms with Crippen LogP contribution in [0.2, 0.25) is 0 Å². The van der Waals surface area contributed by atoms with Crippen LogP contribution < -0.4 is 0 Å². The van der Waals surface area contributed by atoms with E-state index in [1.807, 2.05) is 0 Å². The average Bonchev–Trinajstić information content (AvgIpc) is 2.52. The number of aliphatic hydroxyl groups excluding tert-OH is 4. The topological polar surface area (TPSA) is 185 Å². The van der Waals surface area contributed by atoms with E-state index in [0.717, 1.165) is 18.2 Å². The summed E-state index contributed by atoms with van der Waals surface area (Å²) in [6, 6.07) is 3.09. The zero-order valence-corrected chi connectivity index (χ0v) is 11.6. The van der Waals surface area contributed by atoms with Gasteiger partial charge in [-0.05, 0) is 17.7 Å². The summed E-state index contributed by atoms with van der Waals surface area (Å²) in [6.45, 7) is -0.883. The summed E-state index contributed by atoms with van der Waals surface area (Å²) in [5.74, 6) is -4.07. The molecule has 0 aliphatic heterocycles. The second kappa shape index (κ2) is 7.74. The minimum atomic E-state index is -2.28. The van der Waals surface area contributed by atoms with Crippen molar-refractivity contribution in [2.24, 2.45) is 0 Å². The van der Waals surface area contributed by atoms with Gasteiger partial charge in [0.15, 0.2) is 23.7 Å². The first-order valence-electron chi connectivity index (χ1n) is 6.28. The second-order valence-corrected chi connectivity index (χ2v) is 4.62. The van der Waals surface area contributed by atoms with Crippen molar-refractivity contribution in [2.75, 3.05) is 6.61 Å². The Hall–Kier alpha value is -2.40. The summed E-state index contributed by atoms with van der Waals surface area (Å²) in [7, 11) is 0. The SMILES string of the molecule is O=C(OCC(O)C(O)C(O)C(=O)O)C(O)c1ccc(O)c(O)c1. The number of carbonyl (C=O) groups is 2. The fourth-order valence-corrected chi connectivity index (χ4v) is 1.55. The number of aromatic hydroxyl groups is 2. The van der Waals surface area contributed by atoms with Crippen LogP contribution in [0.1, 0.15) is 11.7 Å². The molecule has 1 aromatic rings. The van der Waals surface area contributed by atoms with Crippen molar-refractivity contribution in [1.82, 2.24) is 0 Å². The summed E-state index contributed by atoms with van der Waals surface area (Å²) in [6.07, 6.45) is -8.13. The molecule has 0 aliphatic carbocycles. The zero-order valence-electron chi connectivity index (χ0n) is 11.6. The van der Waals surface area contributed by atoms with Gasteiger partial charge in [-0.3, -0.25) is 0 Å². The monoisotopic (exact) mass is 332 g/mol. The maximum Gasteiger partial charge on any atom is 0.339 e. The molecule has 10 heteroatoms. The first-order valence-corrected chi connectivity index (χ1v) is 6.28. The molecular weight excluding hydrogens is 316 g/mol. The minimum Gasteiger partial charge on any atom is -0.504 e. The molecular formula is C13H16O10. The van der Waals surface area contributed by atoms with Crippen LogP contribution in [0.5, 0.6) is 11.5 Å². The Kier molecular flexibility index (Phi) is 6.28. The molecule has 1 aromatic carbocycles. The molecule has 0 saturated carbocycles. The van der Waals surface area contributed by atoms with Gasteiger partial charge in [0.05, 0.1) is 0 Å². The number of phenols is 2. The molecule has 0 radical (unpaired) electrons. The van der Waals surface area contributed by atoms with Crippen LogP contribution in [-0.2, 0) is 14.3 Å². The number of esters is 1. The number of ether oxygens (including phenoxy) is 1. The lowest BCUT2D eigenvalue weighted by molar-refractivity contribution is -0.167. The van der Waals surface area contributed by atoms with E-state index >= 15 is 0 Å². The fraction of sp³-hybridized carbons (Fsp3) is 0.385. The molecule has 0 bridgehead atoms. The molecule has 0 saturated heterocycles. The number of rotatable bonds is 7. The fourth-order valence-electron chi connectivity index (χ4n) is 1.55. The van der Waals surface area contributed by atoms with Crippen LogP contribution in [-0.4, -0.2) is 72.6 Å². The Balaban J connectivity index is 2.61. The van der Waals surface area contributed by atoms with Crippen LogP contribution in [0, 0.1) is 0 Å². The van der Waals surface area contributed by atoms with E-state index in [0.29, 0.717) is 0 Å². The highest BCUT2D eigenvalue weighted by Crippen LogP contribution is 2.28. The van der Waals surface area contributed by atoms with Gasteiger partial charge in [0.2, 0.25) is 0 Å². The Morgan fingerprint density at radius 2 is 1.65 bits per heavy atom. The van der Waals surface area contributed by atoms with Gasteiger partial charge in [0.25, 0.3) is 0 Å². The van der Waals surface area contributed by atoms with E-state index in [1.165, 1.54) is 0 Å². The van der Waals surface area contributed by atoms with Gasteiger partial charge >= 0.3 is 11.9 Å². The maximum atomic E-state index is 11.6. The van der Waals surface area contributed by atoms with Gasteiger partial charge in [-0.15, -0.1) is 0 Å². The van der Waals surface area contributed by atoms with Crippen molar-refractivity contribution >= 4 is 11.9 Å². The molecule has 0 heterocycles. The van der Waals surface area contributed by atoms with Gasteiger partial charge in [-0.2, -0.15) is 0 Å². The Morgan fingerprint density at radius 1 is 1.04 bits per heavy atom. The molecule has 128 valence electrons. The van der Waals surface area contributed by atoms with E-state index in [9.17, 15) is 30.0 Å². The molecule has 0 fully saturated rings. The molecule has 4 atom stereocenters. The predicted octanol–water partition coefficient (Wildman–Crippen LogP) is -2.16. The van der Waals surface area contributed by atoms with E-state index in [4.69, 9.17) is 15.3 Å². The first-order chi connectivity index (χ1) is 10.6. The first kappa shape index (κ1) is 18.6. The van der Waals surface area contributed by atoms with Gasteiger partial charge in [0.1, 0.15) is 18.8 Å². The third kappa shape index (κ3) is 4.79. The lowest BCUT2D eigenvalue weighted by atomic mass is 10.1. The number of carbonyl (C=O) groups excluding carboxylic acids is 1. The zero-order chi connectivity index (χ0) is 17.7. The molecule has 0 aliphatic rings. The highest BCUT2D eigenvalue weighted by molar-refractivity contribution is 5.76. The molecule has 0 aromatic heterocycles. The molecule has 0 amide bonds. The molecule has 10 nitrogen and oxygen atoms in total. The standard InChI is InChI=1S/C13H16O10/c14-6-2-1-5(3-7(6)15)9(17)13(22)23-4-8(16)10(18)11(19)12(20)21/h1-3,8-11,14-19H,4H2,(H,20,21). The Morgan fingerprint density at radius 3 is 2.17 bits per heavy atom. The highest BCUT2D eigenvalue weighted by Gasteiger charge is 2.31. The van der Waals surface area contributed by atoms with Gasteiger partial charge in [0, 0.05) is 0 Å². The maximum absolute atomic E-state index is 11.6. The number of benzene rings is 1. The summed E-state index contributed by atoms with van der Waals surface area (Å²) >= 11 is 0. The van der Waals surface area contributed by atoms with E-state index in [-0.39, 0.29) is 5.56 Å². The van der Waals surface area contributed by atoms with Crippen LogP contribution in [0.3, 0.4) is 0 Å². The van der Waals surface area contributed by atoms with Crippen molar-refractivity contribution in [1.29, 1.82) is 0 Å². The van der Waals surface area contributed by atoms with Crippen molar-refractivity contribution in [2.45, 2.75) is 24.4 Å². The van der Waals surface area contributed by atoms with Crippen molar-refractivity contribution in [3.05, 3.63) is 23.8 Å². The third-order valence-corrected chi connectivity index (χ3v) is 2.91. The number of carboxylic acid groups (broad SMARTS) is 1. The molecule has 1 rings (SSSR count). The smallest absolute Gasteiger partial charge is 0.339 e. The molecule has 0 spiro atoms. The summed E-state index contributed by atoms with van der Waals surface area (Å²) in [5.41, 5.74) is -0.106. The Labute approximate surface area is 129 Å². The van der Waals surface area contributed by atoms with E-state index in [1.54, 1.807) is 0 Å². The van der Waals surface area contributed by atoms with E-state index in [2.05, 4.69) is 4.74 Å².